The average Bonchev–Trinajstić information content (AvgIpc) is 3.05. The third-order valence-corrected chi connectivity index (χ3v) is 5.19. The van der Waals surface area contributed by atoms with E-state index in [4.69, 9.17) is 0 Å². The summed E-state index contributed by atoms with van der Waals surface area (Å²) in [6.45, 7) is 7.95. The van der Waals surface area contributed by atoms with Gasteiger partial charge in [-0.25, -0.2) is 8.78 Å². The van der Waals surface area contributed by atoms with Crippen LogP contribution < -0.4 is 10.9 Å². The first kappa shape index (κ1) is 17.5. The molecule has 3 rings (SSSR count). The number of benzene rings is 1. The van der Waals surface area contributed by atoms with Crippen molar-refractivity contribution in [2.24, 2.45) is 5.92 Å². The molecule has 3 atom stereocenters. The second-order valence-corrected chi connectivity index (χ2v) is 7.27. The summed E-state index contributed by atoms with van der Waals surface area (Å²) in [6, 6.07) is 3.91. The van der Waals surface area contributed by atoms with Crippen LogP contribution in [0.4, 0.5) is 8.78 Å². The zero-order chi connectivity index (χ0) is 17.1. The number of halogens is 2. The summed E-state index contributed by atoms with van der Waals surface area (Å²) in [7, 11) is 0. The van der Waals surface area contributed by atoms with E-state index in [-0.39, 0.29) is 23.6 Å². The molecule has 3 nitrogen and oxygen atoms in total. The predicted octanol–water partition coefficient (Wildman–Crippen LogP) is 3.20. The Labute approximate surface area is 143 Å². The molecule has 2 aliphatic heterocycles. The summed E-state index contributed by atoms with van der Waals surface area (Å²) in [4.78, 5) is 2.46. The lowest BCUT2D eigenvalue weighted by Gasteiger charge is -2.37. The van der Waals surface area contributed by atoms with Gasteiger partial charge in [0, 0.05) is 31.6 Å². The molecule has 0 aliphatic carbocycles. The SMILES string of the molecule is CC(C)=CCN1CCCC(C2NNCC2c2cc(F)ccc2F)C1. The van der Waals surface area contributed by atoms with Crippen molar-refractivity contribution in [2.45, 2.75) is 38.6 Å². The first-order valence-electron chi connectivity index (χ1n) is 8.83. The second kappa shape index (κ2) is 7.72. The zero-order valence-electron chi connectivity index (χ0n) is 14.5. The molecule has 5 heteroatoms. The van der Waals surface area contributed by atoms with Gasteiger partial charge < -0.3 is 0 Å². The van der Waals surface area contributed by atoms with Crippen LogP contribution in [0, 0.1) is 17.6 Å². The van der Waals surface area contributed by atoms with Crippen molar-refractivity contribution in [1.29, 1.82) is 0 Å². The minimum atomic E-state index is -0.370. The maximum atomic E-state index is 14.2. The number of hydrazine groups is 1. The molecule has 0 amide bonds. The van der Waals surface area contributed by atoms with Gasteiger partial charge in [0.05, 0.1) is 0 Å². The van der Waals surface area contributed by atoms with Crippen LogP contribution >= 0.6 is 0 Å². The first-order valence-corrected chi connectivity index (χ1v) is 8.83. The van der Waals surface area contributed by atoms with Crippen molar-refractivity contribution in [3.05, 3.63) is 47.0 Å². The number of piperidine rings is 1. The normalized spacial score (nSPS) is 28.1. The maximum absolute atomic E-state index is 14.2. The van der Waals surface area contributed by atoms with Gasteiger partial charge in [0.15, 0.2) is 0 Å². The predicted molar refractivity (Wildman–Crippen MR) is 92.6 cm³/mol. The van der Waals surface area contributed by atoms with E-state index in [1.54, 1.807) is 0 Å². The number of nitrogens with zero attached hydrogens (tertiary/aromatic N) is 1. The fourth-order valence-electron chi connectivity index (χ4n) is 3.92. The molecule has 0 bridgehead atoms. The van der Waals surface area contributed by atoms with E-state index >= 15 is 0 Å². The summed E-state index contributed by atoms with van der Waals surface area (Å²) < 4.78 is 27.8. The Bertz CT molecular complexity index is 598. The number of nitrogens with one attached hydrogen (secondary N) is 2. The largest absolute Gasteiger partial charge is 0.299 e. The summed E-state index contributed by atoms with van der Waals surface area (Å²) in [5.41, 5.74) is 8.30. The van der Waals surface area contributed by atoms with Gasteiger partial charge in [-0.1, -0.05) is 11.6 Å². The zero-order valence-corrected chi connectivity index (χ0v) is 14.5. The van der Waals surface area contributed by atoms with Gasteiger partial charge in [-0.3, -0.25) is 15.8 Å². The summed E-state index contributed by atoms with van der Waals surface area (Å²) in [5.74, 6) is -0.277. The molecule has 0 aromatic heterocycles. The van der Waals surface area contributed by atoms with E-state index < -0.39 is 0 Å². The highest BCUT2D eigenvalue weighted by molar-refractivity contribution is 5.26. The number of allylic oxidation sites excluding steroid dienone is 1. The van der Waals surface area contributed by atoms with Crippen molar-refractivity contribution >= 4 is 0 Å². The number of likely N-dealkylation sites (tertiary alicyclic amines) is 1. The quantitative estimate of drug-likeness (QED) is 0.828. The number of hydrogen-bond donors (Lipinski definition) is 2. The van der Waals surface area contributed by atoms with Crippen molar-refractivity contribution < 1.29 is 8.78 Å². The topological polar surface area (TPSA) is 27.3 Å². The van der Waals surface area contributed by atoms with Crippen LogP contribution in [0.15, 0.2) is 29.8 Å². The monoisotopic (exact) mass is 335 g/mol. The minimum Gasteiger partial charge on any atom is -0.299 e. The molecule has 2 N–H and O–H groups in total. The first-order chi connectivity index (χ1) is 11.5. The summed E-state index contributed by atoms with van der Waals surface area (Å²) in [5, 5.41) is 0. The smallest absolute Gasteiger partial charge is 0.126 e. The van der Waals surface area contributed by atoms with Gasteiger partial charge >= 0.3 is 0 Å². The molecule has 0 radical (unpaired) electrons. The number of rotatable bonds is 4. The van der Waals surface area contributed by atoms with E-state index in [0.717, 1.165) is 32.5 Å². The minimum absolute atomic E-state index is 0.0332. The molecule has 0 saturated carbocycles. The molecule has 2 aliphatic rings. The van der Waals surface area contributed by atoms with Crippen LogP contribution in [-0.2, 0) is 0 Å². The molecule has 2 saturated heterocycles. The molecule has 1 aromatic carbocycles. The van der Waals surface area contributed by atoms with Crippen molar-refractivity contribution in [2.75, 3.05) is 26.2 Å². The Hall–Kier alpha value is -1.30. The van der Waals surface area contributed by atoms with E-state index in [1.807, 2.05) is 0 Å². The van der Waals surface area contributed by atoms with Crippen molar-refractivity contribution in [1.82, 2.24) is 15.8 Å². The Morgan fingerprint density at radius 1 is 1.33 bits per heavy atom. The molecule has 0 spiro atoms. The Balaban J connectivity index is 1.73. The van der Waals surface area contributed by atoms with Crippen LogP contribution in [0.3, 0.4) is 0 Å². The van der Waals surface area contributed by atoms with E-state index in [9.17, 15) is 8.78 Å². The van der Waals surface area contributed by atoms with Crippen molar-refractivity contribution in [3.8, 4) is 0 Å². The highest BCUT2D eigenvalue weighted by Gasteiger charge is 2.37. The number of hydrogen-bond acceptors (Lipinski definition) is 3. The van der Waals surface area contributed by atoms with Gasteiger partial charge in [0.25, 0.3) is 0 Å². The van der Waals surface area contributed by atoms with Crippen LogP contribution in [-0.4, -0.2) is 37.1 Å². The summed E-state index contributed by atoms with van der Waals surface area (Å²) in [6.07, 6.45) is 4.53. The third kappa shape index (κ3) is 4.02. The molecule has 3 unspecified atom stereocenters. The lowest BCUT2D eigenvalue weighted by atomic mass is 9.81. The third-order valence-electron chi connectivity index (χ3n) is 5.19. The Morgan fingerprint density at radius 3 is 2.96 bits per heavy atom. The Kier molecular flexibility index (Phi) is 5.64. The van der Waals surface area contributed by atoms with E-state index in [1.165, 1.54) is 23.8 Å². The van der Waals surface area contributed by atoms with E-state index in [2.05, 4.69) is 35.7 Å². The lowest BCUT2D eigenvalue weighted by molar-refractivity contribution is 0.157. The van der Waals surface area contributed by atoms with Gasteiger partial charge in [0.1, 0.15) is 11.6 Å². The van der Waals surface area contributed by atoms with Crippen LogP contribution in [0.2, 0.25) is 0 Å². The molecule has 2 heterocycles. The van der Waals surface area contributed by atoms with Crippen LogP contribution in [0.5, 0.6) is 0 Å². The van der Waals surface area contributed by atoms with Crippen LogP contribution in [0.1, 0.15) is 38.2 Å². The van der Waals surface area contributed by atoms with E-state index in [0.29, 0.717) is 18.0 Å². The standard InChI is InChI=1S/C19H27F2N3/c1-13(2)7-9-24-8-3-4-14(12-24)19-17(11-22-23-19)16-10-15(20)5-6-18(16)21/h5-7,10,14,17,19,22-23H,3-4,8-9,11-12H2,1-2H3. The molecule has 2 fully saturated rings. The van der Waals surface area contributed by atoms with Gasteiger partial charge in [-0.2, -0.15) is 0 Å². The van der Waals surface area contributed by atoms with Crippen molar-refractivity contribution in [3.63, 3.8) is 0 Å². The molecule has 1 aromatic rings. The lowest BCUT2D eigenvalue weighted by Crippen LogP contribution is -2.46. The second-order valence-electron chi connectivity index (χ2n) is 7.27. The Morgan fingerprint density at radius 2 is 2.17 bits per heavy atom. The molecular formula is C19H27F2N3. The van der Waals surface area contributed by atoms with Gasteiger partial charge in [-0.15, -0.1) is 0 Å². The summed E-state index contributed by atoms with van der Waals surface area (Å²) >= 11 is 0. The molecular weight excluding hydrogens is 308 g/mol. The molecule has 132 valence electrons. The highest BCUT2D eigenvalue weighted by atomic mass is 19.1. The maximum Gasteiger partial charge on any atom is 0.126 e. The fraction of sp³-hybridized carbons (Fsp3) is 0.579. The van der Waals surface area contributed by atoms with Gasteiger partial charge in [0.2, 0.25) is 0 Å². The van der Waals surface area contributed by atoms with Gasteiger partial charge in [-0.05, 0) is 62.9 Å². The fourth-order valence-corrected chi connectivity index (χ4v) is 3.92. The average molecular weight is 335 g/mol. The molecule has 24 heavy (non-hydrogen) atoms. The highest BCUT2D eigenvalue weighted by Crippen LogP contribution is 2.33. The van der Waals surface area contributed by atoms with Crippen LogP contribution in [0.25, 0.3) is 0 Å².